The van der Waals surface area contributed by atoms with Crippen molar-refractivity contribution in [1.29, 1.82) is 0 Å². The van der Waals surface area contributed by atoms with Crippen LogP contribution in [0, 0.1) is 0 Å². The van der Waals surface area contributed by atoms with Crippen LogP contribution in [0.15, 0.2) is 18.2 Å². The van der Waals surface area contributed by atoms with Gasteiger partial charge in [0.1, 0.15) is 0 Å². The molecule has 0 saturated carbocycles. The van der Waals surface area contributed by atoms with Gasteiger partial charge in [-0.25, -0.2) is 0 Å². The second-order valence-corrected chi connectivity index (χ2v) is 5.77. The molecule has 0 aliphatic rings. The number of halogens is 1. The number of anilines is 2. The first-order valence-corrected chi connectivity index (χ1v) is 7.94. The van der Waals surface area contributed by atoms with Gasteiger partial charge >= 0.3 is 0 Å². The first kappa shape index (κ1) is 17.8. The zero-order valence-electron chi connectivity index (χ0n) is 13.2. The standard InChI is InChI=1S/C16H26ClN3O/c1-4-6-9-20(12(3)5-2)11-16(21)19-13-7-8-14(17)15(18)10-13/h7-8,10,12H,4-6,9,11,18H2,1-3H3,(H,19,21). The number of nitrogens with zero attached hydrogens (tertiary/aromatic N) is 1. The number of nitrogen functional groups attached to an aromatic ring is 1. The Kier molecular flexibility index (Phi) is 7.54. The van der Waals surface area contributed by atoms with Gasteiger partial charge < -0.3 is 11.1 Å². The summed E-state index contributed by atoms with van der Waals surface area (Å²) in [7, 11) is 0. The van der Waals surface area contributed by atoms with E-state index in [2.05, 4.69) is 31.0 Å². The van der Waals surface area contributed by atoms with E-state index in [4.69, 9.17) is 17.3 Å². The monoisotopic (exact) mass is 311 g/mol. The van der Waals surface area contributed by atoms with Gasteiger partial charge in [0.15, 0.2) is 0 Å². The Morgan fingerprint density at radius 1 is 1.43 bits per heavy atom. The third-order valence-electron chi connectivity index (χ3n) is 3.64. The van der Waals surface area contributed by atoms with Crippen LogP contribution in [0.1, 0.15) is 40.0 Å². The van der Waals surface area contributed by atoms with Crippen LogP contribution in [0.25, 0.3) is 0 Å². The summed E-state index contributed by atoms with van der Waals surface area (Å²) in [6, 6.07) is 5.53. The van der Waals surface area contributed by atoms with Crippen LogP contribution in [0.2, 0.25) is 5.02 Å². The van der Waals surface area contributed by atoms with Gasteiger partial charge in [0.05, 0.1) is 17.3 Å². The van der Waals surface area contributed by atoms with Crippen LogP contribution < -0.4 is 11.1 Å². The minimum Gasteiger partial charge on any atom is -0.397 e. The fourth-order valence-electron chi connectivity index (χ4n) is 2.08. The SMILES string of the molecule is CCCCN(CC(=O)Nc1ccc(Cl)c(N)c1)C(C)CC. The number of nitrogens with two attached hydrogens (primary N) is 1. The molecular formula is C16H26ClN3O. The van der Waals surface area contributed by atoms with Crippen molar-refractivity contribution in [2.24, 2.45) is 0 Å². The van der Waals surface area contributed by atoms with E-state index in [1.54, 1.807) is 18.2 Å². The predicted molar refractivity (Wildman–Crippen MR) is 90.7 cm³/mol. The average molecular weight is 312 g/mol. The minimum absolute atomic E-state index is 0.0203. The van der Waals surface area contributed by atoms with E-state index in [9.17, 15) is 4.79 Å². The van der Waals surface area contributed by atoms with Crippen molar-refractivity contribution in [2.45, 2.75) is 46.1 Å². The van der Waals surface area contributed by atoms with E-state index in [0.717, 1.165) is 25.8 Å². The highest BCUT2D eigenvalue weighted by atomic mass is 35.5. The summed E-state index contributed by atoms with van der Waals surface area (Å²) in [5.74, 6) is -0.0203. The average Bonchev–Trinajstić information content (AvgIpc) is 2.46. The molecule has 0 saturated heterocycles. The third-order valence-corrected chi connectivity index (χ3v) is 3.98. The maximum atomic E-state index is 12.2. The molecule has 0 aliphatic carbocycles. The molecule has 3 N–H and O–H groups in total. The van der Waals surface area contributed by atoms with E-state index >= 15 is 0 Å². The van der Waals surface area contributed by atoms with E-state index in [1.807, 2.05) is 0 Å². The Balaban J connectivity index is 2.62. The number of nitrogens with one attached hydrogen (secondary N) is 1. The van der Waals surface area contributed by atoms with Crippen molar-refractivity contribution in [3.8, 4) is 0 Å². The maximum absolute atomic E-state index is 12.2. The summed E-state index contributed by atoms with van der Waals surface area (Å²) in [4.78, 5) is 14.4. The first-order valence-electron chi connectivity index (χ1n) is 7.56. The lowest BCUT2D eigenvalue weighted by Crippen LogP contribution is -2.39. The van der Waals surface area contributed by atoms with Gasteiger partial charge in [-0.15, -0.1) is 0 Å². The van der Waals surface area contributed by atoms with Crippen LogP contribution in [0.5, 0.6) is 0 Å². The number of carbonyl (C=O) groups excluding carboxylic acids is 1. The zero-order chi connectivity index (χ0) is 15.8. The molecule has 0 aliphatic heterocycles. The molecule has 0 bridgehead atoms. The van der Waals surface area contributed by atoms with Gasteiger partial charge in [-0.05, 0) is 44.5 Å². The first-order chi connectivity index (χ1) is 9.97. The molecule has 118 valence electrons. The molecule has 5 heteroatoms. The predicted octanol–water partition coefficient (Wildman–Crippen LogP) is 3.76. The number of unbranched alkanes of at least 4 members (excludes halogenated alkanes) is 1. The van der Waals surface area contributed by atoms with Gasteiger partial charge in [0.25, 0.3) is 0 Å². The number of hydrogen-bond acceptors (Lipinski definition) is 3. The lowest BCUT2D eigenvalue weighted by atomic mass is 10.2. The number of benzene rings is 1. The Labute approximate surface area is 132 Å². The van der Waals surface area contributed by atoms with Gasteiger partial charge in [-0.2, -0.15) is 0 Å². The number of hydrogen-bond donors (Lipinski definition) is 2. The quantitative estimate of drug-likeness (QED) is 0.719. The lowest BCUT2D eigenvalue weighted by molar-refractivity contribution is -0.117. The van der Waals surface area contributed by atoms with E-state index < -0.39 is 0 Å². The van der Waals surface area contributed by atoms with Crippen molar-refractivity contribution in [2.75, 3.05) is 24.1 Å². The number of rotatable bonds is 8. The Bertz CT molecular complexity index is 465. The van der Waals surface area contributed by atoms with Crippen molar-refractivity contribution < 1.29 is 4.79 Å². The lowest BCUT2D eigenvalue weighted by Gasteiger charge is -2.27. The fourth-order valence-corrected chi connectivity index (χ4v) is 2.20. The van der Waals surface area contributed by atoms with Crippen molar-refractivity contribution in [3.05, 3.63) is 23.2 Å². The number of carbonyl (C=O) groups is 1. The minimum atomic E-state index is -0.0203. The van der Waals surface area contributed by atoms with Gasteiger partial charge in [-0.1, -0.05) is 31.9 Å². The number of amides is 1. The topological polar surface area (TPSA) is 58.4 Å². The molecule has 0 radical (unpaired) electrons. The second kappa shape index (κ2) is 8.90. The van der Waals surface area contributed by atoms with Crippen LogP contribution in [0.3, 0.4) is 0 Å². The summed E-state index contributed by atoms with van der Waals surface area (Å²) in [5, 5.41) is 3.37. The molecule has 1 amide bonds. The summed E-state index contributed by atoms with van der Waals surface area (Å²) < 4.78 is 0. The van der Waals surface area contributed by atoms with Gasteiger partial charge in [0, 0.05) is 11.7 Å². The molecule has 21 heavy (non-hydrogen) atoms. The highest BCUT2D eigenvalue weighted by molar-refractivity contribution is 6.33. The van der Waals surface area contributed by atoms with Crippen LogP contribution >= 0.6 is 11.6 Å². The fraction of sp³-hybridized carbons (Fsp3) is 0.562. The normalized spacial score (nSPS) is 12.4. The van der Waals surface area contributed by atoms with E-state index in [1.165, 1.54) is 0 Å². The zero-order valence-corrected chi connectivity index (χ0v) is 13.9. The van der Waals surface area contributed by atoms with Crippen LogP contribution in [-0.4, -0.2) is 29.9 Å². The smallest absolute Gasteiger partial charge is 0.238 e. The van der Waals surface area contributed by atoms with Crippen molar-refractivity contribution in [3.63, 3.8) is 0 Å². The summed E-state index contributed by atoms with van der Waals surface area (Å²) in [5.41, 5.74) is 6.89. The summed E-state index contributed by atoms with van der Waals surface area (Å²) in [6.07, 6.45) is 3.26. The van der Waals surface area contributed by atoms with Gasteiger partial charge in [-0.3, -0.25) is 9.69 Å². The molecule has 4 nitrogen and oxygen atoms in total. The molecule has 0 fully saturated rings. The highest BCUT2D eigenvalue weighted by Crippen LogP contribution is 2.22. The molecular weight excluding hydrogens is 286 g/mol. The molecule has 1 aromatic rings. The molecule has 0 heterocycles. The second-order valence-electron chi connectivity index (χ2n) is 5.37. The van der Waals surface area contributed by atoms with E-state index in [0.29, 0.717) is 29.0 Å². The summed E-state index contributed by atoms with van der Waals surface area (Å²) in [6.45, 7) is 7.80. The Hall–Kier alpha value is -1.26. The molecule has 1 atom stereocenters. The summed E-state index contributed by atoms with van der Waals surface area (Å²) >= 11 is 5.87. The van der Waals surface area contributed by atoms with Crippen molar-refractivity contribution in [1.82, 2.24) is 4.90 Å². The Morgan fingerprint density at radius 2 is 2.14 bits per heavy atom. The Morgan fingerprint density at radius 3 is 2.71 bits per heavy atom. The molecule has 1 unspecified atom stereocenters. The van der Waals surface area contributed by atoms with Crippen LogP contribution in [-0.2, 0) is 4.79 Å². The van der Waals surface area contributed by atoms with Crippen LogP contribution in [0.4, 0.5) is 11.4 Å². The maximum Gasteiger partial charge on any atom is 0.238 e. The third kappa shape index (κ3) is 5.94. The van der Waals surface area contributed by atoms with Crippen molar-refractivity contribution >= 4 is 28.9 Å². The molecule has 0 spiro atoms. The largest absolute Gasteiger partial charge is 0.397 e. The molecule has 0 aromatic heterocycles. The highest BCUT2D eigenvalue weighted by Gasteiger charge is 2.15. The van der Waals surface area contributed by atoms with E-state index in [-0.39, 0.29) is 5.91 Å². The molecule has 1 aromatic carbocycles. The molecule has 1 rings (SSSR count). The van der Waals surface area contributed by atoms with Gasteiger partial charge in [0.2, 0.25) is 5.91 Å².